The second-order valence-electron chi connectivity index (χ2n) is 6.21. The minimum Gasteiger partial charge on any atom is -0.467 e. The van der Waals surface area contributed by atoms with Crippen LogP contribution in [-0.4, -0.2) is 43.0 Å². The van der Waals surface area contributed by atoms with Crippen LogP contribution >= 0.6 is 0 Å². The molecule has 0 fully saturated rings. The van der Waals surface area contributed by atoms with Crippen molar-refractivity contribution in [3.8, 4) is 11.1 Å². The van der Waals surface area contributed by atoms with E-state index in [4.69, 9.17) is 4.74 Å². The van der Waals surface area contributed by atoms with Crippen LogP contribution in [0.25, 0.3) is 11.1 Å². The molecule has 0 spiro atoms. The molecule has 6 nitrogen and oxygen atoms in total. The van der Waals surface area contributed by atoms with Crippen molar-refractivity contribution in [2.75, 3.05) is 13.7 Å². The molecule has 0 saturated carbocycles. The standard InChI is InChI=1S/C20H21NO5/c1-12(22)18(19(23)25-2)21-20(24)26-11-17-15-9-5-3-7-13(15)14-8-4-6-10-16(14)17/h3-10,12,17-18,22H,11H2,1-2H3,(H,21,24)/t12-,18-/m1/s1. The molecular formula is C20H21NO5. The van der Waals surface area contributed by atoms with E-state index in [1.165, 1.54) is 14.0 Å². The van der Waals surface area contributed by atoms with Crippen molar-refractivity contribution in [1.29, 1.82) is 0 Å². The number of ether oxygens (including phenoxy) is 2. The monoisotopic (exact) mass is 355 g/mol. The molecule has 3 rings (SSSR count). The van der Waals surface area contributed by atoms with Crippen LogP contribution in [-0.2, 0) is 14.3 Å². The fourth-order valence-corrected chi connectivity index (χ4v) is 3.27. The first kappa shape index (κ1) is 17.9. The molecule has 136 valence electrons. The highest BCUT2D eigenvalue weighted by atomic mass is 16.6. The third kappa shape index (κ3) is 3.41. The largest absolute Gasteiger partial charge is 0.467 e. The number of rotatable bonds is 5. The summed E-state index contributed by atoms with van der Waals surface area (Å²) in [5.41, 5.74) is 4.46. The zero-order valence-corrected chi connectivity index (χ0v) is 14.6. The SMILES string of the molecule is COC(=O)[C@H](NC(=O)OCC1c2ccccc2-c2ccccc21)[C@@H](C)O. The van der Waals surface area contributed by atoms with Gasteiger partial charge in [-0.25, -0.2) is 9.59 Å². The molecule has 1 aliphatic carbocycles. The number of methoxy groups -OCH3 is 1. The van der Waals surface area contributed by atoms with E-state index < -0.39 is 24.2 Å². The zero-order chi connectivity index (χ0) is 18.7. The summed E-state index contributed by atoms with van der Waals surface area (Å²) in [6.45, 7) is 1.53. The Hall–Kier alpha value is -2.86. The summed E-state index contributed by atoms with van der Waals surface area (Å²) >= 11 is 0. The van der Waals surface area contributed by atoms with Gasteiger partial charge in [0.15, 0.2) is 6.04 Å². The number of hydrogen-bond acceptors (Lipinski definition) is 5. The first-order valence-electron chi connectivity index (χ1n) is 8.40. The normalized spacial score (nSPS) is 14.7. The van der Waals surface area contributed by atoms with E-state index in [0.717, 1.165) is 22.3 Å². The van der Waals surface area contributed by atoms with Crippen LogP contribution in [0.1, 0.15) is 24.0 Å². The van der Waals surface area contributed by atoms with Crippen LogP contribution in [0.5, 0.6) is 0 Å². The first-order chi connectivity index (χ1) is 12.5. The third-order valence-corrected chi connectivity index (χ3v) is 4.55. The van der Waals surface area contributed by atoms with Crippen LogP contribution in [0.3, 0.4) is 0 Å². The molecule has 2 aromatic rings. The predicted molar refractivity (Wildman–Crippen MR) is 95.7 cm³/mol. The summed E-state index contributed by atoms with van der Waals surface area (Å²) in [7, 11) is 1.19. The Kier molecular flexibility index (Phi) is 5.23. The van der Waals surface area contributed by atoms with Crippen LogP contribution < -0.4 is 5.32 Å². The Morgan fingerprint density at radius 3 is 2.12 bits per heavy atom. The molecule has 0 heterocycles. The maximum atomic E-state index is 12.1. The highest BCUT2D eigenvalue weighted by Gasteiger charge is 2.31. The molecule has 0 saturated heterocycles. The Morgan fingerprint density at radius 1 is 1.08 bits per heavy atom. The maximum absolute atomic E-state index is 12.1. The molecule has 0 aliphatic heterocycles. The average Bonchev–Trinajstić information content (AvgIpc) is 2.97. The highest BCUT2D eigenvalue weighted by Crippen LogP contribution is 2.44. The van der Waals surface area contributed by atoms with Gasteiger partial charge in [-0.3, -0.25) is 0 Å². The van der Waals surface area contributed by atoms with Crippen LogP contribution in [0.4, 0.5) is 4.79 Å². The number of aliphatic hydroxyl groups is 1. The molecular weight excluding hydrogens is 334 g/mol. The molecule has 1 amide bonds. The molecule has 0 radical (unpaired) electrons. The van der Waals surface area contributed by atoms with E-state index in [1.807, 2.05) is 36.4 Å². The number of benzene rings is 2. The Balaban J connectivity index is 1.72. The molecule has 26 heavy (non-hydrogen) atoms. The predicted octanol–water partition coefficient (Wildman–Crippen LogP) is 2.45. The van der Waals surface area contributed by atoms with Gasteiger partial charge in [0.2, 0.25) is 0 Å². The fraction of sp³-hybridized carbons (Fsp3) is 0.300. The molecule has 2 N–H and O–H groups in total. The number of hydrogen-bond donors (Lipinski definition) is 2. The van der Waals surface area contributed by atoms with Gasteiger partial charge >= 0.3 is 12.1 Å². The van der Waals surface area contributed by atoms with E-state index >= 15 is 0 Å². The summed E-state index contributed by atoms with van der Waals surface area (Å²) in [4.78, 5) is 23.7. The van der Waals surface area contributed by atoms with E-state index in [-0.39, 0.29) is 12.5 Å². The summed E-state index contributed by atoms with van der Waals surface area (Å²) < 4.78 is 9.92. The van der Waals surface area contributed by atoms with E-state index in [9.17, 15) is 14.7 Å². The highest BCUT2D eigenvalue weighted by molar-refractivity contribution is 5.82. The van der Waals surface area contributed by atoms with Gasteiger partial charge in [-0.15, -0.1) is 0 Å². The van der Waals surface area contributed by atoms with Gasteiger partial charge in [0, 0.05) is 5.92 Å². The quantitative estimate of drug-likeness (QED) is 0.805. The van der Waals surface area contributed by atoms with Gasteiger partial charge in [0.25, 0.3) is 0 Å². The summed E-state index contributed by atoms with van der Waals surface area (Å²) in [6.07, 6.45) is -1.87. The van der Waals surface area contributed by atoms with Gasteiger partial charge in [0.1, 0.15) is 6.61 Å². The van der Waals surface area contributed by atoms with Gasteiger partial charge in [0.05, 0.1) is 13.2 Å². The van der Waals surface area contributed by atoms with E-state index in [0.29, 0.717) is 0 Å². The maximum Gasteiger partial charge on any atom is 0.407 e. The topological polar surface area (TPSA) is 84.9 Å². The molecule has 6 heteroatoms. The number of carbonyl (C=O) groups excluding carboxylic acids is 2. The minimum atomic E-state index is -1.17. The number of fused-ring (bicyclic) bond motifs is 3. The van der Waals surface area contributed by atoms with Crippen molar-refractivity contribution in [1.82, 2.24) is 5.32 Å². The number of carbonyl (C=O) groups is 2. The second-order valence-corrected chi connectivity index (χ2v) is 6.21. The van der Waals surface area contributed by atoms with Crippen molar-refractivity contribution in [3.05, 3.63) is 59.7 Å². The lowest BCUT2D eigenvalue weighted by Gasteiger charge is -2.20. The molecule has 1 aliphatic rings. The number of amides is 1. The van der Waals surface area contributed by atoms with Crippen molar-refractivity contribution >= 4 is 12.1 Å². The number of esters is 1. The van der Waals surface area contributed by atoms with Gasteiger partial charge in [-0.05, 0) is 29.2 Å². The van der Waals surface area contributed by atoms with Crippen molar-refractivity contribution in [3.63, 3.8) is 0 Å². The smallest absolute Gasteiger partial charge is 0.407 e. The fourth-order valence-electron chi connectivity index (χ4n) is 3.27. The number of nitrogens with one attached hydrogen (secondary N) is 1. The van der Waals surface area contributed by atoms with Crippen LogP contribution in [0, 0.1) is 0 Å². The van der Waals surface area contributed by atoms with Gasteiger partial charge < -0.3 is 19.9 Å². The zero-order valence-electron chi connectivity index (χ0n) is 14.6. The lowest BCUT2D eigenvalue weighted by molar-refractivity contribution is -0.145. The molecule has 0 unspecified atom stereocenters. The minimum absolute atomic E-state index is 0.0729. The van der Waals surface area contributed by atoms with Crippen molar-refractivity contribution < 1.29 is 24.2 Å². The third-order valence-electron chi connectivity index (χ3n) is 4.55. The summed E-state index contributed by atoms with van der Waals surface area (Å²) in [5.74, 6) is -0.801. The summed E-state index contributed by atoms with van der Waals surface area (Å²) in [5, 5.41) is 12.0. The average molecular weight is 355 g/mol. The molecule has 0 bridgehead atoms. The van der Waals surface area contributed by atoms with E-state index in [1.54, 1.807) is 0 Å². The number of aliphatic hydroxyl groups excluding tert-OH is 1. The number of alkyl carbamates (subject to hydrolysis) is 1. The van der Waals surface area contributed by atoms with Crippen molar-refractivity contribution in [2.45, 2.75) is 25.0 Å². The second kappa shape index (κ2) is 7.58. The summed E-state index contributed by atoms with van der Waals surface area (Å²) in [6, 6.07) is 14.9. The van der Waals surface area contributed by atoms with Gasteiger partial charge in [-0.1, -0.05) is 48.5 Å². The van der Waals surface area contributed by atoms with Crippen LogP contribution in [0.2, 0.25) is 0 Å². The van der Waals surface area contributed by atoms with Crippen LogP contribution in [0.15, 0.2) is 48.5 Å². The first-order valence-corrected chi connectivity index (χ1v) is 8.40. The molecule has 2 aromatic carbocycles. The van der Waals surface area contributed by atoms with E-state index in [2.05, 4.69) is 22.2 Å². The lowest BCUT2D eigenvalue weighted by atomic mass is 9.98. The Labute approximate surface area is 151 Å². The lowest BCUT2D eigenvalue weighted by Crippen LogP contribution is -2.48. The van der Waals surface area contributed by atoms with Gasteiger partial charge in [-0.2, -0.15) is 0 Å². The molecule has 0 aromatic heterocycles. The molecule has 2 atom stereocenters. The Morgan fingerprint density at radius 2 is 1.62 bits per heavy atom. The van der Waals surface area contributed by atoms with Crippen molar-refractivity contribution in [2.24, 2.45) is 0 Å². The Bertz CT molecular complexity index is 772.